The molecular weight excluding hydrogens is 506 g/mol. The van der Waals surface area contributed by atoms with Crippen molar-refractivity contribution in [3.63, 3.8) is 0 Å². The summed E-state index contributed by atoms with van der Waals surface area (Å²) in [6, 6.07) is 16.8. The maximum absolute atomic E-state index is 13.1. The van der Waals surface area contributed by atoms with Crippen LogP contribution in [0.1, 0.15) is 32.7 Å². The van der Waals surface area contributed by atoms with E-state index in [1.165, 1.54) is 0 Å². The van der Waals surface area contributed by atoms with E-state index in [0.717, 1.165) is 68.1 Å². The fourth-order valence-corrected chi connectivity index (χ4v) is 5.34. The van der Waals surface area contributed by atoms with Crippen LogP contribution in [0.15, 0.2) is 54.6 Å². The van der Waals surface area contributed by atoms with Gasteiger partial charge in [0.2, 0.25) is 0 Å². The highest BCUT2D eigenvalue weighted by atomic mass is 16.5. The van der Waals surface area contributed by atoms with Crippen molar-refractivity contribution in [3.05, 3.63) is 71.3 Å². The Kier molecular flexibility index (Phi) is 8.52. The van der Waals surface area contributed by atoms with E-state index in [4.69, 9.17) is 9.47 Å². The molecule has 0 unspecified atom stereocenters. The molecule has 2 aliphatic rings. The number of ether oxygens (including phenoxy) is 2. The molecule has 0 spiro atoms. The van der Waals surface area contributed by atoms with Crippen LogP contribution >= 0.6 is 0 Å². The summed E-state index contributed by atoms with van der Waals surface area (Å²) in [5.41, 5.74) is 4.93. The number of amides is 2. The molecule has 0 radical (unpaired) electrons. The molecule has 210 valence electrons. The maximum atomic E-state index is 13.1. The van der Waals surface area contributed by atoms with E-state index in [1.54, 1.807) is 32.4 Å². The third-order valence-electron chi connectivity index (χ3n) is 7.63. The van der Waals surface area contributed by atoms with Gasteiger partial charge in [-0.1, -0.05) is 18.2 Å². The standard InChI is InChI=1S/C31H37N5O4/c1-35-16-18-36(19-17-35)15-5-14-32-22-10-8-21(9-11-22)30(37)34-26-13-12-23(25-20-33-31(38)28(25)26)24-6-4-7-27(39-2)29(24)40-3/h4,6-13,32H,5,14-20H2,1-3H3,(H,33,38)(H,34,37). The van der Waals surface area contributed by atoms with Crippen LogP contribution in [0.3, 0.4) is 0 Å². The minimum Gasteiger partial charge on any atom is -0.493 e. The van der Waals surface area contributed by atoms with Crippen molar-refractivity contribution >= 4 is 23.2 Å². The quantitative estimate of drug-likeness (QED) is 0.334. The second kappa shape index (κ2) is 12.4. The summed E-state index contributed by atoms with van der Waals surface area (Å²) in [4.78, 5) is 30.8. The lowest BCUT2D eigenvalue weighted by Crippen LogP contribution is -2.44. The van der Waals surface area contributed by atoms with Gasteiger partial charge in [-0.2, -0.15) is 0 Å². The van der Waals surface area contributed by atoms with Gasteiger partial charge in [-0.25, -0.2) is 0 Å². The molecule has 0 bridgehead atoms. The average molecular weight is 544 g/mol. The van der Waals surface area contributed by atoms with Crippen LogP contribution < -0.4 is 25.4 Å². The summed E-state index contributed by atoms with van der Waals surface area (Å²) in [6.07, 6.45) is 1.07. The van der Waals surface area contributed by atoms with Crippen LogP contribution in [-0.2, 0) is 6.54 Å². The number of methoxy groups -OCH3 is 2. The number of fused-ring (bicyclic) bond motifs is 1. The summed E-state index contributed by atoms with van der Waals surface area (Å²) in [7, 11) is 5.35. The summed E-state index contributed by atoms with van der Waals surface area (Å²) in [5, 5.41) is 9.29. The molecule has 3 aromatic carbocycles. The Morgan fingerprint density at radius 3 is 2.45 bits per heavy atom. The second-order valence-electron chi connectivity index (χ2n) is 10.2. The van der Waals surface area contributed by atoms with E-state index >= 15 is 0 Å². The highest BCUT2D eigenvalue weighted by molar-refractivity contribution is 6.11. The molecule has 9 heteroatoms. The topological polar surface area (TPSA) is 95.2 Å². The van der Waals surface area contributed by atoms with Crippen LogP contribution in [-0.4, -0.2) is 82.1 Å². The number of anilines is 2. The van der Waals surface area contributed by atoms with Crippen molar-refractivity contribution in [1.29, 1.82) is 0 Å². The number of hydrogen-bond acceptors (Lipinski definition) is 7. The molecule has 0 aromatic heterocycles. The van der Waals surface area contributed by atoms with Crippen LogP contribution in [0, 0.1) is 0 Å². The molecule has 1 fully saturated rings. The summed E-state index contributed by atoms with van der Waals surface area (Å²) >= 11 is 0. The molecule has 9 nitrogen and oxygen atoms in total. The summed E-state index contributed by atoms with van der Waals surface area (Å²) in [5.74, 6) is 0.716. The first kappa shape index (κ1) is 27.5. The molecule has 0 saturated carbocycles. The van der Waals surface area contributed by atoms with Crippen LogP contribution in [0.4, 0.5) is 11.4 Å². The Morgan fingerprint density at radius 1 is 0.950 bits per heavy atom. The normalized spacial score (nSPS) is 15.3. The van der Waals surface area contributed by atoms with Gasteiger partial charge in [0.05, 0.1) is 25.5 Å². The molecule has 3 N–H and O–H groups in total. The molecule has 2 heterocycles. The lowest BCUT2D eigenvalue weighted by molar-refractivity contribution is 0.0966. The van der Waals surface area contributed by atoms with Gasteiger partial charge < -0.3 is 35.2 Å². The highest BCUT2D eigenvalue weighted by Gasteiger charge is 2.28. The lowest BCUT2D eigenvalue weighted by Gasteiger charge is -2.32. The molecule has 2 amide bonds. The van der Waals surface area contributed by atoms with Gasteiger partial charge in [0.25, 0.3) is 11.8 Å². The number of carbonyl (C=O) groups is 2. The van der Waals surface area contributed by atoms with Crippen LogP contribution in [0.25, 0.3) is 11.1 Å². The SMILES string of the molecule is COc1cccc(-c2ccc(NC(=O)c3ccc(NCCCN4CCN(C)CC4)cc3)c3c2CNC3=O)c1OC. The largest absolute Gasteiger partial charge is 0.493 e. The van der Waals surface area contributed by atoms with Crippen molar-refractivity contribution < 1.29 is 19.1 Å². The van der Waals surface area contributed by atoms with Crippen molar-refractivity contribution in [3.8, 4) is 22.6 Å². The lowest BCUT2D eigenvalue weighted by atomic mass is 9.94. The first-order valence-electron chi connectivity index (χ1n) is 13.7. The maximum Gasteiger partial charge on any atom is 0.255 e. The van der Waals surface area contributed by atoms with Gasteiger partial charge in [-0.3, -0.25) is 9.59 Å². The number of benzene rings is 3. The smallest absolute Gasteiger partial charge is 0.255 e. The Bertz CT molecular complexity index is 1370. The molecule has 2 aliphatic heterocycles. The monoisotopic (exact) mass is 543 g/mol. The van der Waals surface area contributed by atoms with Crippen LogP contribution in [0.5, 0.6) is 11.5 Å². The zero-order valence-corrected chi connectivity index (χ0v) is 23.4. The minimum atomic E-state index is -0.268. The molecule has 1 saturated heterocycles. The van der Waals surface area contributed by atoms with Gasteiger partial charge in [-0.15, -0.1) is 0 Å². The number of piperazine rings is 1. The van der Waals surface area contributed by atoms with Crippen molar-refractivity contribution in [2.75, 3.05) is 71.2 Å². The van der Waals surface area contributed by atoms with Crippen molar-refractivity contribution in [2.24, 2.45) is 0 Å². The number of carbonyl (C=O) groups excluding carboxylic acids is 2. The van der Waals surface area contributed by atoms with Crippen molar-refractivity contribution in [2.45, 2.75) is 13.0 Å². The second-order valence-corrected chi connectivity index (χ2v) is 10.2. The predicted octanol–water partition coefficient (Wildman–Crippen LogP) is 3.92. The molecule has 40 heavy (non-hydrogen) atoms. The highest BCUT2D eigenvalue weighted by Crippen LogP contribution is 2.42. The third kappa shape index (κ3) is 5.90. The molecule has 3 aromatic rings. The Balaban J connectivity index is 1.24. The van der Waals surface area contributed by atoms with Gasteiger partial charge in [0.1, 0.15) is 0 Å². The van der Waals surface area contributed by atoms with Crippen LogP contribution in [0.2, 0.25) is 0 Å². The third-order valence-corrected chi connectivity index (χ3v) is 7.63. The average Bonchev–Trinajstić information content (AvgIpc) is 3.38. The predicted molar refractivity (Wildman–Crippen MR) is 158 cm³/mol. The zero-order valence-electron chi connectivity index (χ0n) is 23.4. The first-order chi connectivity index (χ1) is 19.5. The Morgan fingerprint density at radius 2 is 1.73 bits per heavy atom. The minimum absolute atomic E-state index is 0.217. The van der Waals surface area contributed by atoms with E-state index < -0.39 is 0 Å². The van der Waals surface area contributed by atoms with Gasteiger partial charge in [0.15, 0.2) is 11.5 Å². The van der Waals surface area contributed by atoms with E-state index in [2.05, 4.69) is 32.8 Å². The number of para-hydroxylation sites is 1. The molecule has 0 atom stereocenters. The van der Waals surface area contributed by atoms with E-state index in [9.17, 15) is 9.59 Å². The molecule has 5 rings (SSSR count). The molecule has 0 aliphatic carbocycles. The van der Waals surface area contributed by atoms with Gasteiger partial charge >= 0.3 is 0 Å². The first-order valence-corrected chi connectivity index (χ1v) is 13.7. The fourth-order valence-electron chi connectivity index (χ4n) is 5.34. The van der Waals surface area contributed by atoms with Gasteiger partial charge in [0, 0.05) is 56.1 Å². The van der Waals surface area contributed by atoms with E-state index in [1.807, 2.05) is 36.4 Å². The zero-order chi connectivity index (χ0) is 28.1. The number of nitrogens with zero attached hydrogens (tertiary/aromatic N) is 2. The summed E-state index contributed by atoms with van der Waals surface area (Å²) in [6.45, 7) is 6.85. The van der Waals surface area contributed by atoms with E-state index in [0.29, 0.717) is 34.9 Å². The Labute approximate surface area is 235 Å². The number of rotatable bonds is 10. The molecular formula is C31H37N5O4. The van der Waals surface area contributed by atoms with Gasteiger partial charge in [-0.05, 0) is 67.5 Å². The Hall–Kier alpha value is -4.08. The fraction of sp³-hybridized carbons (Fsp3) is 0.355. The summed E-state index contributed by atoms with van der Waals surface area (Å²) < 4.78 is 11.1. The van der Waals surface area contributed by atoms with Crippen molar-refractivity contribution in [1.82, 2.24) is 15.1 Å². The van der Waals surface area contributed by atoms with E-state index in [-0.39, 0.29) is 11.8 Å². The number of hydrogen-bond donors (Lipinski definition) is 3. The number of nitrogens with one attached hydrogen (secondary N) is 3. The number of likely N-dealkylation sites (N-methyl/N-ethyl adjacent to an activating group) is 1.